The van der Waals surface area contributed by atoms with Crippen LogP contribution in [0.4, 0.5) is 4.39 Å². The van der Waals surface area contributed by atoms with Crippen molar-refractivity contribution >= 4 is 11.9 Å². The Labute approximate surface area is 156 Å². The van der Waals surface area contributed by atoms with Crippen molar-refractivity contribution in [3.8, 4) is 0 Å². The molecule has 0 aliphatic carbocycles. The fourth-order valence-electron chi connectivity index (χ4n) is 3.29. The molecule has 0 bridgehead atoms. The van der Waals surface area contributed by atoms with E-state index >= 15 is 0 Å². The lowest BCUT2D eigenvalue weighted by Gasteiger charge is -2.31. The summed E-state index contributed by atoms with van der Waals surface area (Å²) in [5.74, 6) is 1.27. The Morgan fingerprint density at radius 1 is 1.46 bits per heavy atom. The molecule has 0 radical (unpaired) electrons. The van der Waals surface area contributed by atoms with Crippen molar-refractivity contribution in [1.29, 1.82) is 0 Å². The van der Waals surface area contributed by atoms with E-state index in [1.807, 2.05) is 29.8 Å². The van der Waals surface area contributed by atoms with Gasteiger partial charge in [-0.25, -0.2) is 4.39 Å². The largest absolute Gasteiger partial charge is 0.357 e. The number of aliphatic imine (C=N–C) groups is 1. The van der Waals surface area contributed by atoms with Crippen molar-refractivity contribution in [1.82, 2.24) is 15.1 Å². The minimum Gasteiger partial charge on any atom is -0.357 e. The molecule has 144 valence electrons. The van der Waals surface area contributed by atoms with Gasteiger partial charge in [0, 0.05) is 39.6 Å². The lowest BCUT2D eigenvalue weighted by molar-refractivity contribution is -0.132. The SMILES string of the molecule is CCNC(=NCCC(=O)N1CCCC(C)C1)N(C)Cc1cccc(F)c1. The fourth-order valence-corrected chi connectivity index (χ4v) is 3.29. The molecule has 6 heteroatoms. The molecular formula is C20H31FN4O. The molecule has 26 heavy (non-hydrogen) atoms. The van der Waals surface area contributed by atoms with Gasteiger partial charge in [0.15, 0.2) is 5.96 Å². The molecular weight excluding hydrogens is 331 g/mol. The molecule has 1 amide bonds. The Morgan fingerprint density at radius 2 is 2.27 bits per heavy atom. The first-order chi connectivity index (χ1) is 12.5. The van der Waals surface area contributed by atoms with Gasteiger partial charge in [0.25, 0.3) is 0 Å². The monoisotopic (exact) mass is 362 g/mol. The van der Waals surface area contributed by atoms with E-state index in [9.17, 15) is 9.18 Å². The van der Waals surface area contributed by atoms with E-state index in [2.05, 4.69) is 17.2 Å². The molecule has 0 aromatic heterocycles. The number of benzene rings is 1. The van der Waals surface area contributed by atoms with Crippen LogP contribution < -0.4 is 5.32 Å². The summed E-state index contributed by atoms with van der Waals surface area (Å²) in [5.41, 5.74) is 0.886. The molecule has 1 atom stereocenters. The second-order valence-electron chi connectivity index (χ2n) is 7.06. The summed E-state index contributed by atoms with van der Waals surface area (Å²) in [4.78, 5) is 20.9. The Hall–Kier alpha value is -2.11. The average molecular weight is 362 g/mol. The summed E-state index contributed by atoms with van der Waals surface area (Å²) in [6.07, 6.45) is 2.72. The van der Waals surface area contributed by atoms with Crippen molar-refractivity contribution in [2.75, 3.05) is 33.2 Å². The molecule has 0 saturated carbocycles. The summed E-state index contributed by atoms with van der Waals surface area (Å²) in [5, 5.41) is 3.23. The van der Waals surface area contributed by atoms with Crippen molar-refractivity contribution in [3.05, 3.63) is 35.6 Å². The molecule has 1 aliphatic heterocycles. The van der Waals surface area contributed by atoms with E-state index in [1.54, 1.807) is 6.07 Å². The second-order valence-corrected chi connectivity index (χ2v) is 7.06. The fraction of sp³-hybridized carbons (Fsp3) is 0.600. The number of amides is 1. The van der Waals surface area contributed by atoms with Crippen LogP contribution in [0.15, 0.2) is 29.3 Å². The van der Waals surface area contributed by atoms with Gasteiger partial charge in [0.2, 0.25) is 5.91 Å². The Bertz CT molecular complexity index is 620. The zero-order chi connectivity index (χ0) is 18.9. The number of carbonyl (C=O) groups excluding carboxylic acids is 1. The molecule has 5 nitrogen and oxygen atoms in total. The van der Waals surface area contributed by atoms with Gasteiger partial charge in [-0.05, 0) is 43.4 Å². The third kappa shape index (κ3) is 6.32. The molecule has 1 unspecified atom stereocenters. The molecule has 1 aromatic rings. The van der Waals surface area contributed by atoms with Crippen LogP contribution in [0.1, 0.15) is 38.7 Å². The molecule has 1 aromatic carbocycles. The van der Waals surface area contributed by atoms with Gasteiger partial charge in [0.1, 0.15) is 5.82 Å². The topological polar surface area (TPSA) is 47.9 Å². The maximum atomic E-state index is 13.4. The van der Waals surface area contributed by atoms with Crippen LogP contribution in [0.3, 0.4) is 0 Å². The summed E-state index contributed by atoms with van der Waals surface area (Å²) in [6, 6.07) is 6.57. The van der Waals surface area contributed by atoms with E-state index in [1.165, 1.54) is 18.6 Å². The number of hydrogen-bond acceptors (Lipinski definition) is 2. The minimum atomic E-state index is -0.237. The molecule has 1 aliphatic rings. The van der Waals surface area contributed by atoms with Gasteiger partial charge in [0.05, 0.1) is 6.54 Å². The highest BCUT2D eigenvalue weighted by Gasteiger charge is 2.20. The highest BCUT2D eigenvalue weighted by molar-refractivity contribution is 5.80. The number of piperidine rings is 1. The van der Waals surface area contributed by atoms with Crippen LogP contribution in [0.2, 0.25) is 0 Å². The summed E-state index contributed by atoms with van der Waals surface area (Å²) < 4.78 is 13.4. The van der Waals surface area contributed by atoms with Crippen molar-refractivity contribution in [3.63, 3.8) is 0 Å². The predicted octanol–water partition coefficient (Wildman–Crippen LogP) is 2.87. The van der Waals surface area contributed by atoms with Crippen molar-refractivity contribution < 1.29 is 9.18 Å². The first kappa shape index (κ1) is 20.2. The second kappa shape index (κ2) is 10.1. The zero-order valence-electron chi connectivity index (χ0n) is 16.2. The number of nitrogens with zero attached hydrogens (tertiary/aromatic N) is 3. The number of guanidine groups is 1. The first-order valence-corrected chi connectivity index (χ1v) is 9.51. The maximum Gasteiger partial charge on any atom is 0.224 e. The summed E-state index contributed by atoms with van der Waals surface area (Å²) in [7, 11) is 1.92. The number of hydrogen-bond donors (Lipinski definition) is 1. The van der Waals surface area contributed by atoms with Crippen LogP contribution >= 0.6 is 0 Å². The Balaban J connectivity index is 1.89. The third-order valence-corrected chi connectivity index (χ3v) is 4.60. The minimum absolute atomic E-state index is 0.184. The first-order valence-electron chi connectivity index (χ1n) is 9.51. The van der Waals surface area contributed by atoms with Crippen LogP contribution in [0, 0.1) is 11.7 Å². The number of likely N-dealkylation sites (tertiary alicyclic amines) is 1. The number of carbonyl (C=O) groups is 1. The molecule has 1 saturated heterocycles. The average Bonchev–Trinajstić information content (AvgIpc) is 2.60. The highest BCUT2D eigenvalue weighted by Crippen LogP contribution is 2.16. The van der Waals surface area contributed by atoms with Crippen molar-refractivity contribution in [2.24, 2.45) is 10.9 Å². The van der Waals surface area contributed by atoms with E-state index in [0.717, 1.165) is 37.6 Å². The molecule has 2 rings (SSSR count). The van der Waals surface area contributed by atoms with E-state index < -0.39 is 0 Å². The van der Waals surface area contributed by atoms with Gasteiger partial charge < -0.3 is 15.1 Å². The van der Waals surface area contributed by atoms with Crippen molar-refractivity contribution in [2.45, 2.75) is 39.7 Å². The summed E-state index contributed by atoms with van der Waals surface area (Å²) >= 11 is 0. The highest BCUT2D eigenvalue weighted by atomic mass is 19.1. The predicted molar refractivity (Wildman–Crippen MR) is 103 cm³/mol. The van der Waals surface area contributed by atoms with E-state index in [4.69, 9.17) is 0 Å². The molecule has 0 spiro atoms. The van der Waals surface area contributed by atoms with Gasteiger partial charge in [-0.2, -0.15) is 0 Å². The quantitative estimate of drug-likeness (QED) is 0.625. The Kier molecular flexibility index (Phi) is 7.88. The van der Waals surface area contributed by atoms with E-state index in [0.29, 0.717) is 25.4 Å². The smallest absolute Gasteiger partial charge is 0.224 e. The van der Waals surface area contributed by atoms with Gasteiger partial charge in [-0.1, -0.05) is 19.1 Å². The Morgan fingerprint density at radius 3 is 2.96 bits per heavy atom. The van der Waals surface area contributed by atoms with Gasteiger partial charge in [-0.3, -0.25) is 9.79 Å². The number of nitrogens with one attached hydrogen (secondary N) is 1. The maximum absolute atomic E-state index is 13.4. The lowest BCUT2D eigenvalue weighted by atomic mass is 10.00. The normalized spacial score (nSPS) is 17.9. The standard InChI is InChI=1S/C20H31FN4O/c1-4-22-20(24(3)15-17-8-5-9-18(21)13-17)23-11-10-19(26)25-12-6-7-16(2)14-25/h5,8-9,13,16H,4,6-7,10-12,14-15H2,1-3H3,(H,22,23). The summed E-state index contributed by atoms with van der Waals surface area (Å²) in [6.45, 7) is 7.69. The third-order valence-electron chi connectivity index (χ3n) is 4.60. The number of halogens is 1. The molecule has 1 fully saturated rings. The zero-order valence-corrected chi connectivity index (χ0v) is 16.2. The van der Waals surface area contributed by atoms with Crippen LogP contribution in [0.25, 0.3) is 0 Å². The van der Waals surface area contributed by atoms with Gasteiger partial charge >= 0.3 is 0 Å². The molecule has 1 heterocycles. The number of rotatable bonds is 6. The van der Waals surface area contributed by atoms with Crippen LogP contribution in [-0.4, -0.2) is 54.9 Å². The lowest BCUT2D eigenvalue weighted by Crippen LogP contribution is -2.40. The van der Waals surface area contributed by atoms with Crippen LogP contribution in [-0.2, 0) is 11.3 Å². The van der Waals surface area contributed by atoms with E-state index in [-0.39, 0.29) is 11.7 Å². The van der Waals surface area contributed by atoms with Gasteiger partial charge in [-0.15, -0.1) is 0 Å². The molecule has 1 N–H and O–H groups in total. The van der Waals surface area contributed by atoms with Crippen LogP contribution in [0.5, 0.6) is 0 Å².